The van der Waals surface area contributed by atoms with E-state index in [-0.39, 0.29) is 12.0 Å². The van der Waals surface area contributed by atoms with E-state index in [1.807, 2.05) is 0 Å². The molecule has 108 valence electrons. The Morgan fingerprint density at radius 1 is 1.15 bits per heavy atom. The van der Waals surface area contributed by atoms with Crippen LogP contribution in [-0.4, -0.2) is 24.2 Å². The quantitative estimate of drug-likeness (QED) is 0.839. The fourth-order valence-corrected chi connectivity index (χ4v) is 2.82. The van der Waals surface area contributed by atoms with Gasteiger partial charge in [0.05, 0.1) is 0 Å². The molecule has 0 unspecified atom stereocenters. The lowest BCUT2D eigenvalue weighted by Crippen LogP contribution is -2.31. The molecular formula is C15H17F3N2. The van der Waals surface area contributed by atoms with Crippen molar-refractivity contribution in [2.75, 3.05) is 13.1 Å². The topological polar surface area (TPSA) is 15.3 Å². The number of halogens is 3. The van der Waals surface area contributed by atoms with Crippen molar-refractivity contribution >= 4 is 0 Å². The highest BCUT2D eigenvalue weighted by Gasteiger charge is 2.34. The Morgan fingerprint density at radius 3 is 2.65 bits per heavy atom. The molecule has 1 aromatic rings. The Bertz CT molecular complexity index is 534. The second-order valence-corrected chi connectivity index (χ2v) is 5.42. The van der Waals surface area contributed by atoms with E-state index in [9.17, 15) is 13.2 Å². The van der Waals surface area contributed by atoms with Crippen LogP contribution in [0.25, 0.3) is 0 Å². The minimum absolute atomic E-state index is 0.0933. The molecule has 0 amide bonds. The molecular weight excluding hydrogens is 265 g/mol. The highest BCUT2D eigenvalue weighted by Crippen LogP contribution is 2.30. The monoisotopic (exact) mass is 282 g/mol. The zero-order chi connectivity index (χ0) is 14.2. The standard InChI is InChI=1S/C15H17F3N2/c16-15(17,18)14-3-5-20(6-4-14)10-11-1-2-12-8-19-9-13(12)7-11/h1-3,7,19H,4-6,8-10H2. The molecule has 0 spiro atoms. The van der Waals surface area contributed by atoms with E-state index in [1.54, 1.807) is 0 Å². The fourth-order valence-electron chi connectivity index (χ4n) is 2.82. The number of fused-ring (bicyclic) bond motifs is 1. The van der Waals surface area contributed by atoms with E-state index in [1.165, 1.54) is 22.8 Å². The summed E-state index contributed by atoms with van der Waals surface area (Å²) < 4.78 is 37.7. The first-order valence-electron chi connectivity index (χ1n) is 6.82. The Labute approximate surface area is 116 Å². The van der Waals surface area contributed by atoms with Gasteiger partial charge in [-0.05, 0) is 23.1 Å². The average Bonchev–Trinajstić information content (AvgIpc) is 2.86. The number of hydrogen-bond acceptors (Lipinski definition) is 2. The number of nitrogens with zero attached hydrogens (tertiary/aromatic N) is 1. The molecule has 0 fully saturated rings. The van der Waals surface area contributed by atoms with E-state index in [4.69, 9.17) is 0 Å². The lowest BCUT2D eigenvalue weighted by atomic mass is 10.0. The minimum atomic E-state index is -4.16. The van der Waals surface area contributed by atoms with Crippen molar-refractivity contribution in [1.82, 2.24) is 10.2 Å². The lowest BCUT2D eigenvalue weighted by Gasteiger charge is -2.27. The summed E-state index contributed by atoms with van der Waals surface area (Å²) in [6, 6.07) is 6.36. The first kappa shape index (κ1) is 13.6. The van der Waals surface area contributed by atoms with Crippen LogP contribution in [0, 0.1) is 0 Å². The molecule has 2 heterocycles. The fraction of sp³-hybridized carbons (Fsp3) is 0.467. The molecule has 0 atom stereocenters. The summed E-state index contributed by atoms with van der Waals surface area (Å²) in [5.74, 6) is 0. The van der Waals surface area contributed by atoms with Crippen LogP contribution in [0.15, 0.2) is 29.8 Å². The van der Waals surface area contributed by atoms with Gasteiger partial charge in [-0.1, -0.05) is 24.3 Å². The first-order valence-corrected chi connectivity index (χ1v) is 6.82. The summed E-state index contributed by atoms with van der Waals surface area (Å²) in [6.07, 6.45) is -2.75. The highest BCUT2D eigenvalue weighted by molar-refractivity contribution is 5.34. The smallest absolute Gasteiger partial charge is 0.309 e. The Balaban J connectivity index is 1.64. The van der Waals surface area contributed by atoms with E-state index in [2.05, 4.69) is 28.4 Å². The molecule has 0 bridgehead atoms. The summed E-state index contributed by atoms with van der Waals surface area (Å²) in [5.41, 5.74) is 3.43. The highest BCUT2D eigenvalue weighted by atomic mass is 19.4. The molecule has 0 radical (unpaired) electrons. The molecule has 0 saturated carbocycles. The van der Waals surface area contributed by atoms with Gasteiger partial charge in [-0.2, -0.15) is 13.2 Å². The predicted molar refractivity (Wildman–Crippen MR) is 71.0 cm³/mol. The molecule has 0 aromatic heterocycles. The van der Waals surface area contributed by atoms with E-state index in [0.29, 0.717) is 13.1 Å². The maximum atomic E-state index is 12.6. The van der Waals surface area contributed by atoms with E-state index in [0.717, 1.165) is 19.6 Å². The van der Waals surface area contributed by atoms with Crippen LogP contribution in [0.3, 0.4) is 0 Å². The first-order chi connectivity index (χ1) is 9.52. The summed E-state index contributed by atoms with van der Waals surface area (Å²) in [7, 11) is 0. The minimum Gasteiger partial charge on any atom is -0.309 e. The van der Waals surface area contributed by atoms with Crippen molar-refractivity contribution in [2.45, 2.75) is 32.2 Å². The number of rotatable bonds is 2. The van der Waals surface area contributed by atoms with Crippen LogP contribution in [0.4, 0.5) is 13.2 Å². The molecule has 0 saturated heterocycles. The van der Waals surface area contributed by atoms with E-state index >= 15 is 0 Å². The number of alkyl halides is 3. The van der Waals surface area contributed by atoms with Gasteiger partial charge in [-0.3, -0.25) is 4.90 Å². The maximum Gasteiger partial charge on any atom is 0.412 e. The summed E-state index contributed by atoms with van der Waals surface area (Å²) >= 11 is 0. The molecule has 20 heavy (non-hydrogen) atoms. The van der Waals surface area contributed by atoms with Crippen LogP contribution in [0.1, 0.15) is 23.1 Å². The predicted octanol–water partition coefficient (Wildman–Crippen LogP) is 2.98. The largest absolute Gasteiger partial charge is 0.412 e. The van der Waals surface area contributed by atoms with Crippen molar-refractivity contribution < 1.29 is 13.2 Å². The van der Waals surface area contributed by atoms with Crippen LogP contribution >= 0.6 is 0 Å². The van der Waals surface area contributed by atoms with Crippen LogP contribution in [-0.2, 0) is 19.6 Å². The van der Waals surface area contributed by atoms with Gasteiger partial charge < -0.3 is 5.32 Å². The zero-order valence-electron chi connectivity index (χ0n) is 11.1. The number of benzene rings is 1. The van der Waals surface area contributed by atoms with Gasteiger partial charge in [-0.25, -0.2) is 0 Å². The third-order valence-electron chi connectivity index (χ3n) is 3.97. The van der Waals surface area contributed by atoms with Crippen molar-refractivity contribution in [2.24, 2.45) is 0 Å². The third kappa shape index (κ3) is 2.88. The molecule has 2 nitrogen and oxygen atoms in total. The average molecular weight is 282 g/mol. The van der Waals surface area contributed by atoms with Gasteiger partial charge >= 0.3 is 6.18 Å². The molecule has 5 heteroatoms. The van der Waals surface area contributed by atoms with Crippen LogP contribution < -0.4 is 5.32 Å². The molecule has 1 aromatic carbocycles. The zero-order valence-corrected chi connectivity index (χ0v) is 11.1. The van der Waals surface area contributed by atoms with Crippen molar-refractivity contribution in [3.63, 3.8) is 0 Å². The Kier molecular flexibility index (Phi) is 3.56. The van der Waals surface area contributed by atoms with Crippen molar-refractivity contribution in [1.29, 1.82) is 0 Å². The van der Waals surface area contributed by atoms with Gasteiger partial charge in [0.2, 0.25) is 0 Å². The van der Waals surface area contributed by atoms with Gasteiger partial charge in [0.1, 0.15) is 0 Å². The molecule has 2 aliphatic rings. The van der Waals surface area contributed by atoms with Crippen molar-refractivity contribution in [3.05, 3.63) is 46.5 Å². The number of hydrogen-bond donors (Lipinski definition) is 1. The third-order valence-corrected chi connectivity index (χ3v) is 3.97. The molecule has 0 aliphatic carbocycles. The van der Waals surface area contributed by atoms with Gasteiger partial charge in [0.15, 0.2) is 0 Å². The van der Waals surface area contributed by atoms with E-state index < -0.39 is 6.18 Å². The van der Waals surface area contributed by atoms with Crippen LogP contribution in [0.2, 0.25) is 0 Å². The Morgan fingerprint density at radius 2 is 1.95 bits per heavy atom. The molecule has 3 rings (SSSR count). The second-order valence-electron chi connectivity index (χ2n) is 5.42. The maximum absolute atomic E-state index is 12.6. The van der Waals surface area contributed by atoms with Gasteiger partial charge in [0.25, 0.3) is 0 Å². The lowest BCUT2D eigenvalue weighted by molar-refractivity contribution is -0.0960. The summed E-state index contributed by atoms with van der Waals surface area (Å²) in [4.78, 5) is 2.05. The second kappa shape index (κ2) is 5.22. The summed E-state index contributed by atoms with van der Waals surface area (Å²) in [5, 5.41) is 3.29. The SMILES string of the molecule is FC(F)(F)C1=CCN(Cc2ccc3c(c2)CNC3)CC1. The van der Waals surface area contributed by atoms with Gasteiger partial charge in [0, 0.05) is 38.3 Å². The normalized spacial score (nSPS) is 19.9. The Hall–Kier alpha value is -1.33. The molecule has 1 N–H and O–H groups in total. The number of nitrogens with one attached hydrogen (secondary N) is 1. The summed E-state index contributed by atoms with van der Waals surface area (Å²) in [6.45, 7) is 3.37. The molecule has 2 aliphatic heterocycles. The van der Waals surface area contributed by atoms with Crippen LogP contribution in [0.5, 0.6) is 0 Å². The van der Waals surface area contributed by atoms with Crippen molar-refractivity contribution in [3.8, 4) is 0 Å². The van der Waals surface area contributed by atoms with Gasteiger partial charge in [-0.15, -0.1) is 0 Å².